The fourth-order valence-corrected chi connectivity index (χ4v) is 3.14. The van der Waals surface area contributed by atoms with Crippen LogP contribution in [0.15, 0.2) is 0 Å². The highest BCUT2D eigenvalue weighted by Crippen LogP contribution is 2.32. The van der Waals surface area contributed by atoms with Crippen LogP contribution < -0.4 is 5.32 Å². The molecular formula is C16H31NO2. The zero-order chi connectivity index (χ0) is 14.3. The number of unbranched alkanes of at least 4 members (excludes halogenated alkanes) is 1. The Kier molecular flexibility index (Phi) is 7.44. The minimum absolute atomic E-state index is 0.0744. The Morgan fingerprint density at radius 3 is 2.42 bits per heavy atom. The molecule has 0 aliphatic heterocycles. The molecule has 0 heterocycles. The maximum absolute atomic E-state index is 12.1. The van der Waals surface area contributed by atoms with Crippen LogP contribution in [0.2, 0.25) is 0 Å². The number of aliphatic hydroxyl groups is 1. The van der Waals surface area contributed by atoms with Gasteiger partial charge in [-0.15, -0.1) is 0 Å². The number of hydrogen-bond donors (Lipinski definition) is 2. The Bertz CT molecular complexity index is 257. The van der Waals surface area contributed by atoms with Crippen molar-refractivity contribution in [1.29, 1.82) is 0 Å². The van der Waals surface area contributed by atoms with Crippen molar-refractivity contribution in [2.75, 3.05) is 0 Å². The molecule has 2 N–H and O–H groups in total. The fourth-order valence-electron chi connectivity index (χ4n) is 3.14. The highest BCUT2D eigenvalue weighted by atomic mass is 16.3. The minimum Gasteiger partial charge on any atom is -0.393 e. The van der Waals surface area contributed by atoms with Crippen LogP contribution in [0.5, 0.6) is 0 Å². The monoisotopic (exact) mass is 269 g/mol. The summed E-state index contributed by atoms with van der Waals surface area (Å²) < 4.78 is 0. The van der Waals surface area contributed by atoms with Gasteiger partial charge < -0.3 is 10.4 Å². The predicted molar refractivity (Wildman–Crippen MR) is 78.9 cm³/mol. The van der Waals surface area contributed by atoms with Crippen LogP contribution in [-0.2, 0) is 4.79 Å². The van der Waals surface area contributed by atoms with Gasteiger partial charge in [0.15, 0.2) is 0 Å². The Morgan fingerprint density at radius 1 is 1.26 bits per heavy atom. The van der Waals surface area contributed by atoms with E-state index in [1.165, 1.54) is 32.1 Å². The average molecular weight is 269 g/mol. The molecule has 0 spiro atoms. The normalized spacial score (nSPS) is 26.7. The van der Waals surface area contributed by atoms with E-state index in [1.54, 1.807) is 6.92 Å². The second-order valence-electron chi connectivity index (χ2n) is 6.35. The summed E-state index contributed by atoms with van der Waals surface area (Å²) in [5, 5.41) is 12.4. The number of carbonyl (C=O) groups excluding carboxylic acids is 1. The SMILES string of the molecule is CCCCC1CCC(C(=O)NC(C)CC(C)O)CC1. The van der Waals surface area contributed by atoms with E-state index in [1.807, 2.05) is 6.92 Å². The predicted octanol–water partition coefficient (Wildman–Crippen LogP) is 3.26. The van der Waals surface area contributed by atoms with Crippen LogP contribution in [-0.4, -0.2) is 23.2 Å². The molecule has 3 heteroatoms. The second kappa shape index (κ2) is 8.57. The standard InChI is InChI=1S/C16H31NO2/c1-4-5-6-14-7-9-15(10-8-14)16(19)17-12(2)11-13(3)18/h12-15,18H,4-11H2,1-3H3,(H,17,19). The van der Waals surface area contributed by atoms with Gasteiger partial charge in [-0.3, -0.25) is 4.79 Å². The lowest BCUT2D eigenvalue weighted by molar-refractivity contribution is -0.127. The molecule has 1 aliphatic rings. The van der Waals surface area contributed by atoms with Gasteiger partial charge in [-0.1, -0.05) is 26.2 Å². The van der Waals surface area contributed by atoms with E-state index in [9.17, 15) is 9.90 Å². The van der Waals surface area contributed by atoms with Gasteiger partial charge in [0.1, 0.15) is 0 Å². The van der Waals surface area contributed by atoms with Crippen molar-refractivity contribution in [2.45, 2.75) is 84.3 Å². The van der Waals surface area contributed by atoms with Crippen LogP contribution in [0.3, 0.4) is 0 Å². The van der Waals surface area contributed by atoms with Gasteiger partial charge in [0.25, 0.3) is 0 Å². The van der Waals surface area contributed by atoms with E-state index in [-0.39, 0.29) is 24.0 Å². The lowest BCUT2D eigenvalue weighted by atomic mass is 9.79. The van der Waals surface area contributed by atoms with Crippen molar-refractivity contribution in [3.05, 3.63) is 0 Å². The topological polar surface area (TPSA) is 49.3 Å². The molecule has 19 heavy (non-hydrogen) atoms. The van der Waals surface area contributed by atoms with Crippen LogP contribution in [0, 0.1) is 11.8 Å². The third-order valence-electron chi connectivity index (χ3n) is 4.27. The van der Waals surface area contributed by atoms with Gasteiger partial charge in [-0.05, 0) is 51.9 Å². The van der Waals surface area contributed by atoms with E-state index < -0.39 is 0 Å². The van der Waals surface area contributed by atoms with Crippen molar-refractivity contribution < 1.29 is 9.90 Å². The molecule has 1 saturated carbocycles. The van der Waals surface area contributed by atoms with Gasteiger partial charge >= 0.3 is 0 Å². The molecule has 3 nitrogen and oxygen atoms in total. The molecule has 0 aromatic heterocycles. The number of amides is 1. The molecule has 2 unspecified atom stereocenters. The number of hydrogen-bond acceptors (Lipinski definition) is 2. The molecule has 1 amide bonds. The quantitative estimate of drug-likeness (QED) is 0.745. The maximum atomic E-state index is 12.1. The molecule has 0 radical (unpaired) electrons. The van der Waals surface area contributed by atoms with Crippen LogP contribution in [0.1, 0.15) is 72.1 Å². The number of aliphatic hydroxyl groups excluding tert-OH is 1. The smallest absolute Gasteiger partial charge is 0.223 e. The van der Waals surface area contributed by atoms with Gasteiger partial charge in [0.05, 0.1) is 6.10 Å². The highest BCUT2D eigenvalue weighted by Gasteiger charge is 2.26. The van der Waals surface area contributed by atoms with Crippen molar-refractivity contribution in [2.24, 2.45) is 11.8 Å². The van der Waals surface area contributed by atoms with E-state index in [0.717, 1.165) is 18.8 Å². The largest absolute Gasteiger partial charge is 0.393 e. The molecule has 0 bridgehead atoms. The summed E-state index contributed by atoms with van der Waals surface area (Å²) in [6.07, 6.45) is 8.74. The third kappa shape index (κ3) is 6.42. The lowest BCUT2D eigenvalue weighted by Gasteiger charge is -2.28. The first-order valence-electron chi connectivity index (χ1n) is 8.01. The number of nitrogens with one attached hydrogen (secondary N) is 1. The molecule has 1 rings (SSSR count). The van der Waals surface area contributed by atoms with Crippen LogP contribution >= 0.6 is 0 Å². The molecular weight excluding hydrogens is 238 g/mol. The molecule has 0 saturated heterocycles. The third-order valence-corrected chi connectivity index (χ3v) is 4.27. The molecule has 0 aromatic carbocycles. The summed E-state index contributed by atoms with van der Waals surface area (Å²) in [6, 6.07) is 0.0744. The van der Waals surface area contributed by atoms with Crippen LogP contribution in [0.4, 0.5) is 0 Å². The molecule has 0 aromatic rings. The Balaban J connectivity index is 2.24. The Labute approximate surface area is 118 Å². The maximum Gasteiger partial charge on any atom is 0.223 e. The van der Waals surface area contributed by atoms with Crippen molar-refractivity contribution in [3.8, 4) is 0 Å². The summed E-state index contributed by atoms with van der Waals surface area (Å²) in [5.74, 6) is 1.25. The fraction of sp³-hybridized carbons (Fsp3) is 0.938. The highest BCUT2D eigenvalue weighted by molar-refractivity contribution is 5.78. The van der Waals surface area contributed by atoms with Gasteiger partial charge in [-0.25, -0.2) is 0 Å². The zero-order valence-electron chi connectivity index (χ0n) is 12.8. The Morgan fingerprint density at radius 2 is 1.89 bits per heavy atom. The second-order valence-corrected chi connectivity index (χ2v) is 6.35. The van der Waals surface area contributed by atoms with Crippen molar-refractivity contribution in [1.82, 2.24) is 5.32 Å². The van der Waals surface area contributed by atoms with Crippen molar-refractivity contribution >= 4 is 5.91 Å². The van der Waals surface area contributed by atoms with Crippen molar-refractivity contribution in [3.63, 3.8) is 0 Å². The van der Waals surface area contributed by atoms with E-state index in [0.29, 0.717) is 6.42 Å². The van der Waals surface area contributed by atoms with Gasteiger partial charge in [0.2, 0.25) is 5.91 Å². The summed E-state index contributed by atoms with van der Waals surface area (Å²) >= 11 is 0. The summed E-state index contributed by atoms with van der Waals surface area (Å²) in [6.45, 7) is 5.97. The summed E-state index contributed by atoms with van der Waals surface area (Å²) in [5.41, 5.74) is 0. The molecule has 1 aliphatic carbocycles. The first kappa shape index (κ1) is 16.5. The number of carbonyl (C=O) groups is 1. The summed E-state index contributed by atoms with van der Waals surface area (Å²) in [4.78, 5) is 12.1. The van der Waals surface area contributed by atoms with E-state index >= 15 is 0 Å². The zero-order valence-corrected chi connectivity index (χ0v) is 12.8. The molecule has 1 fully saturated rings. The summed E-state index contributed by atoms with van der Waals surface area (Å²) in [7, 11) is 0. The minimum atomic E-state index is -0.347. The average Bonchev–Trinajstić information content (AvgIpc) is 2.35. The molecule has 2 atom stereocenters. The first-order chi connectivity index (χ1) is 9.02. The van der Waals surface area contributed by atoms with Gasteiger partial charge in [0, 0.05) is 12.0 Å². The first-order valence-corrected chi connectivity index (χ1v) is 8.01. The Hall–Kier alpha value is -0.570. The number of rotatable bonds is 7. The van der Waals surface area contributed by atoms with Crippen LogP contribution in [0.25, 0.3) is 0 Å². The van der Waals surface area contributed by atoms with E-state index in [4.69, 9.17) is 0 Å². The lowest BCUT2D eigenvalue weighted by Crippen LogP contribution is -2.39. The van der Waals surface area contributed by atoms with Gasteiger partial charge in [-0.2, -0.15) is 0 Å². The molecule has 112 valence electrons. The van der Waals surface area contributed by atoms with E-state index in [2.05, 4.69) is 12.2 Å².